The van der Waals surface area contributed by atoms with Crippen molar-refractivity contribution in [2.75, 3.05) is 10.8 Å². The predicted octanol–water partition coefficient (Wildman–Crippen LogP) is 7.01. The second-order valence-corrected chi connectivity index (χ2v) is 13.5. The Morgan fingerprint density at radius 2 is 1.41 bits per heavy atom. The second kappa shape index (κ2) is 14.9. The molecule has 230 valence electrons. The normalized spacial score (nSPS) is 12.0. The Labute approximate surface area is 273 Å². The molecule has 0 fully saturated rings. The van der Waals surface area contributed by atoms with Crippen LogP contribution in [0, 0.1) is 0 Å². The van der Waals surface area contributed by atoms with Crippen LogP contribution in [-0.4, -0.2) is 43.8 Å². The van der Waals surface area contributed by atoms with Crippen molar-refractivity contribution in [3.63, 3.8) is 0 Å². The Kier molecular flexibility index (Phi) is 11.3. The van der Waals surface area contributed by atoms with Crippen LogP contribution in [0.2, 0.25) is 15.1 Å². The molecule has 4 aromatic carbocycles. The summed E-state index contributed by atoms with van der Waals surface area (Å²) >= 11 is 19.2. The lowest BCUT2D eigenvalue weighted by molar-refractivity contribution is -0.140. The standard InChI is InChI=1S/C33H32Cl3N3O4S/c1-23(2)37-33(41)31(19-24-11-5-3-6-12-24)38(21-25-13-9-10-16-28(25)35)32(40)22-39(30-18-17-26(34)20-29(30)36)44(42,43)27-14-7-4-8-15-27/h3-18,20,23,31H,19,21-22H2,1-2H3,(H,37,41)/t31-/m1/s1. The summed E-state index contributed by atoms with van der Waals surface area (Å²) in [6, 6.07) is 27.2. The van der Waals surface area contributed by atoms with Gasteiger partial charge in [0.2, 0.25) is 11.8 Å². The molecule has 4 aromatic rings. The highest BCUT2D eigenvalue weighted by Gasteiger charge is 2.35. The van der Waals surface area contributed by atoms with Gasteiger partial charge in [0.1, 0.15) is 12.6 Å². The number of sulfonamides is 1. The van der Waals surface area contributed by atoms with Gasteiger partial charge in [0, 0.05) is 29.1 Å². The third kappa shape index (κ3) is 8.33. The van der Waals surface area contributed by atoms with E-state index in [1.165, 1.54) is 35.2 Å². The van der Waals surface area contributed by atoms with Gasteiger partial charge in [0.05, 0.1) is 15.6 Å². The minimum atomic E-state index is -4.29. The summed E-state index contributed by atoms with van der Waals surface area (Å²) < 4.78 is 29.0. The molecule has 7 nitrogen and oxygen atoms in total. The number of benzene rings is 4. The van der Waals surface area contributed by atoms with Crippen molar-refractivity contribution in [1.82, 2.24) is 10.2 Å². The molecule has 0 heterocycles. The van der Waals surface area contributed by atoms with Gasteiger partial charge in [0.25, 0.3) is 10.0 Å². The molecule has 11 heteroatoms. The molecule has 0 aliphatic heterocycles. The van der Waals surface area contributed by atoms with Crippen LogP contribution in [-0.2, 0) is 32.6 Å². The van der Waals surface area contributed by atoms with Crippen molar-refractivity contribution in [2.45, 2.75) is 43.8 Å². The number of rotatable bonds is 12. The van der Waals surface area contributed by atoms with Gasteiger partial charge in [-0.25, -0.2) is 8.42 Å². The summed E-state index contributed by atoms with van der Waals surface area (Å²) in [5.74, 6) is -1.01. The molecule has 0 saturated carbocycles. The van der Waals surface area contributed by atoms with Crippen molar-refractivity contribution in [1.29, 1.82) is 0 Å². The highest BCUT2D eigenvalue weighted by molar-refractivity contribution is 7.92. The van der Waals surface area contributed by atoms with E-state index in [9.17, 15) is 18.0 Å². The van der Waals surface area contributed by atoms with Gasteiger partial charge in [-0.15, -0.1) is 0 Å². The number of hydrogen-bond acceptors (Lipinski definition) is 4. The highest BCUT2D eigenvalue weighted by Crippen LogP contribution is 2.33. The van der Waals surface area contributed by atoms with Crippen LogP contribution >= 0.6 is 34.8 Å². The molecule has 0 saturated heterocycles. The number of halogens is 3. The molecule has 4 rings (SSSR count). The van der Waals surface area contributed by atoms with Crippen molar-refractivity contribution < 1.29 is 18.0 Å². The first-order valence-electron chi connectivity index (χ1n) is 13.9. The topological polar surface area (TPSA) is 86.8 Å². The van der Waals surface area contributed by atoms with E-state index in [4.69, 9.17) is 34.8 Å². The zero-order chi connectivity index (χ0) is 31.9. The summed E-state index contributed by atoms with van der Waals surface area (Å²) in [7, 11) is -4.29. The summed E-state index contributed by atoms with van der Waals surface area (Å²) in [4.78, 5) is 29.5. The van der Waals surface area contributed by atoms with Crippen LogP contribution in [0.3, 0.4) is 0 Å². The van der Waals surface area contributed by atoms with Crippen LogP contribution in [0.25, 0.3) is 0 Å². The smallest absolute Gasteiger partial charge is 0.264 e. The Bertz CT molecular complexity index is 1700. The zero-order valence-electron chi connectivity index (χ0n) is 24.2. The number of carbonyl (C=O) groups excluding carboxylic acids is 2. The van der Waals surface area contributed by atoms with Gasteiger partial charge in [-0.3, -0.25) is 13.9 Å². The lowest BCUT2D eigenvalue weighted by atomic mass is 10.0. The van der Waals surface area contributed by atoms with E-state index >= 15 is 0 Å². The Morgan fingerprint density at radius 1 is 0.795 bits per heavy atom. The first-order valence-corrected chi connectivity index (χ1v) is 16.4. The van der Waals surface area contributed by atoms with E-state index < -0.39 is 28.5 Å². The zero-order valence-corrected chi connectivity index (χ0v) is 27.2. The predicted molar refractivity (Wildman–Crippen MR) is 177 cm³/mol. The first kappa shape index (κ1) is 33.3. The molecule has 1 atom stereocenters. The van der Waals surface area contributed by atoms with Crippen LogP contribution in [0.4, 0.5) is 5.69 Å². The molecule has 0 bridgehead atoms. The van der Waals surface area contributed by atoms with Crippen molar-refractivity contribution in [2.24, 2.45) is 0 Å². The average Bonchev–Trinajstić information content (AvgIpc) is 2.99. The van der Waals surface area contributed by atoms with E-state index in [0.29, 0.717) is 15.6 Å². The monoisotopic (exact) mass is 671 g/mol. The van der Waals surface area contributed by atoms with Gasteiger partial charge >= 0.3 is 0 Å². The largest absolute Gasteiger partial charge is 0.352 e. The molecule has 0 radical (unpaired) electrons. The van der Waals surface area contributed by atoms with Gasteiger partial charge in [-0.2, -0.15) is 0 Å². The maximum atomic E-state index is 14.4. The molecule has 0 aliphatic carbocycles. The number of carbonyl (C=O) groups is 2. The summed E-state index contributed by atoms with van der Waals surface area (Å²) in [5.41, 5.74) is 1.49. The third-order valence-corrected chi connectivity index (χ3v) is 9.47. The maximum absolute atomic E-state index is 14.4. The lowest BCUT2D eigenvalue weighted by Crippen LogP contribution is -2.54. The SMILES string of the molecule is CC(C)NC(=O)[C@@H](Cc1ccccc1)N(Cc1ccccc1Cl)C(=O)CN(c1ccc(Cl)cc1Cl)S(=O)(=O)c1ccccc1. The van der Waals surface area contributed by atoms with Crippen LogP contribution < -0.4 is 9.62 Å². The number of anilines is 1. The number of amides is 2. The third-order valence-electron chi connectivity index (χ3n) is 6.79. The van der Waals surface area contributed by atoms with E-state index in [1.807, 2.05) is 44.2 Å². The van der Waals surface area contributed by atoms with Crippen molar-refractivity contribution in [3.8, 4) is 0 Å². The van der Waals surface area contributed by atoms with Crippen LogP contribution in [0.1, 0.15) is 25.0 Å². The summed E-state index contributed by atoms with van der Waals surface area (Å²) in [6.07, 6.45) is 0.183. The fourth-order valence-electron chi connectivity index (χ4n) is 4.66. The Balaban J connectivity index is 1.83. The van der Waals surface area contributed by atoms with E-state index in [2.05, 4.69) is 5.32 Å². The van der Waals surface area contributed by atoms with Crippen molar-refractivity contribution in [3.05, 3.63) is 129 Å². The molecular formula is C33H32Cl3N3O4S. The van der Waals surface area contributed by atoms with E-state index in [0.717, 1.165) is 9.87 Å². The Morgan fingerprint density at radius 3 is 2.02 bits per heavy atom. The number of nitrogens with one attached hydrogen (secondary N) is 1. The molecule has 0 aromatic heterocycles. The minimum absolute atomic E-state index is 0.0325. The number of nitrogens with zero attached hydrogens (tertiary/aromatic N) is 2. The molecule has 2 amide bonds. The van der Waals surface area contributed by atoms with Gasteiger partial charge in [-0.1, -0.05) is 102 Å². The molecule has 44 heavy (non-hydrogen) atoms. The lowest BCUT2D eigenvalue weighted by Gasteiger charge is -2.34. The molecular weight excluding hydrogens is 641 g/mol. The van der Waals surface area contributed by atoms with Gasteiger partial charge in [-0.05, 0) is 61.4 Å². The number of hydrogen-bond donors (Lipinski definition) is 1. The van der Waals surface area contributed by atoms with Gasteiger partial charge in [0.15, 0.2) is 0 Å². The Hall–Kier alpha value is -3.56. The highest BCUT2D eigenvalue weighted by atomic mass is 35.5. The fraction of sp³-hybridized carbons (Fsp3) is 0.212. The minimum Gasteiger partial charge on any atom is -0.352 e. The van der Waals surface area contributed by atoms with E-state index in [1.54, 1.807) is 42.5 Å². The van der Waals surface area contributed by atoms with Crippen molar-refractivity contribution >= 4 is 62.3 Å². The molecule has 1 N–H and O–H groups in total. The van der Waals surface area contributed by atoms with E-state index in [-0.39, 0.29) is 40.5 Å². The first-order chi connectivity index (χ1) is 21.0. The quantitative estimate of drug-likeness (QED) is 0.176. The fourth-order valence-corrected chi connectivity index (χ4v) is 6.87. The summed E-state index contributed by atoms with van der Waals surface area (Å²) in [5, 5.41) is 3.67. The van der Waals surface area contributed by atoms with Gasteiger partial charge < -0.3 is 10.2 Å². The molecule has 0 unspecified atom stereocenters. The average molecular weight is 673 g/mol. The van der Waals surface area contributed by atoms with Crippen LogP contribution in [0.15, 0.2) is 108 Å². The molecule has 0 aliphatic rings. The van der Waals surface area contributed by atoms with Crippen LogP contribution in [0.5, 0.6) is 0 Å². The second-order valence-electron chi connectivity index (χ2n) is 10.4. The summed E-state index contributed by atoms with van der Waals surface area (Å²) in [6.45, 7) is 2.96. The molecule has 0 spiro atoms. The maximum Gasteiger partial charge on any atom is 0.264 e.